The van der Waals surface area contributed by atoms with Crippen molar-refractivity contribution in [3.8, 4) is 0 Å². The van der Waals surface area contributed by atoms with Crippen molar-refractivity contribution in [1.82, 2.24) is 5.06 Å². The summed E-state index contributed by atoms with van der Waals surface area (Å²) in [6.07, 6.45) is 2.26. The SMILES string of the molecule is C=CC1CCN(O)C1=O. The van der Waals surface area contributed by atoms with Gasteiger partial charge in [0.1, 0.15) is 0 Å². The van der Waals surface area contributed by atoms with Crippen LogP contribution in [-0.4, -0.2) is 22.7 Å². The van der Waals surface area contributed by atoms with Gasteiger partial charge in [-0.05, 0) is 6.42 Å². The molecule has 0 saturated carbocycles. The van der Waals surface area contributed by atoms with Crippen LogP contribution in [0.25, 0.3) is 0 Å². The van der Waals surface area contributed by atoms with Gasteiger partial charge in [-0.3, -0.25) is 10.0 Å². The fraction of sp³-hybridized carbons (Fsp3) is 0.500. The van der Waals surface area contributed by atoms with Gasteiger partial charge in [-0.2, -0.15) is 0 Å². The van der Waals surface area contributed by atoms with E-state index in [2.05, 4.69) is 6.58 Å². The van der Waals surface area contributed by atoms with Crippen LogP contribution in [0.1, 0.15) is 6.42 Å². The van der Waals surface area contributed by atoms with Gasteiger partial charge in [0.25, 0.3) is 5.91 Å². The van der Waals surface area contributed by atoms with Gasteiger partial charge >= 0.3 is 0 Å². The van der Waals surface area contributed by atoms with Crippen molar-refractivity contribution in [2.24, 2.45) is 5.92 Å². The molecule has 1 unspecified atom stereocenters. The minimum Gasteiger partial charge on any atom is -0.286 e. The van der Waals surface area contributed by atoms with E-state index in [1.165, 1.54) is 0 Å². The molecule has 1 N–H and O–H groups in total. The van der Waals surface area contributed by atoms with Crippen molar-refractivity contribution >= 4 is 5.91 Å². The molecule has 1 aliphatic rings. The van der Waals surface area contributed by atoms with Crippen LogP contribution in [-0.2, 0) is 4.79 Å². The van der Waals surface area contributed by atoms with Crippen LogP contribution in [0, 0.1) is 5.92 Å². The maximum Gasteiger partial charge on any atom is 0.252 e. The standard InChI is InChI=1S/C6H9NO2/c1-2-5-3-4-7(9)6(5)8/h2,5,9H,1,3-4H2. The van der Waals surface area contributed by atoms with Gasteiger partial charge in [0.05, 0.1) is 5.92 Å². The topological polar surface area (TPSA) is 40.5 Å². The number of hydrogen-bond acceptors (Lipinski definition) is 2. The molecule has 1 heterocycles. The molecule has 0 aliphatic carbocycles. The summed E-state index contributed by atoms with van der Waals surface area (Å²) in [6, 6.07) is 0. The molecule has 3 heteroatoms. The summed E-state index contributed by atoms with van der Waals surface area (Å²) in [4.78, 5) is 10.7. The Bertz CT molecular complexity index is 144. The van der Waals surface area contributed by atoms with Crippen LogP contribution in [0.4, 0.5) is 0 Å². The summed E-state index contributed by atoms with van der Waals surface area (Å²) < 4.78 is 0. The Morgan fingerprint density at radius 2 is 2.56 bits per heavy atom. The van der Waals surface area contributed by atoms with E-state index in [-0.39, 0.29) is 11.8 Å². The molecular weight excluding hydrogens is 118 g/mol. The van der Waals surface area contributed by atoms with Crippen LogP contribution in [0.2, 0.25) is 0 Å². The second-order valence-electron chi connectivity index (χ2n) is 2.09. The van der Waals surface area contributed by atoms with Gasteiger partial charge in [-0.1, -0.05) is 6.08 Å². The molecule has 0 bridgehead atoms. The van der Waals surface area contributed by atoms with Crippen molar-refractivity contribution in [2.45, 2.75) is 6.42 Å². The molecule has 0 aromatic rings. The number of nitrogens with zero attached hydrogens (tertiary/aromatic N) is 1. The van der Waals surface area contributed by atoms with Gasteiger partial charge in [0.2, 0.25) is 0 Å². The second-order valence-corrected chi connectivity index (χ2v) is 2.09. The predicted octanol–water partition coefficient (Wildman–Crippen LogP) is 0.410. The van der Waals surface area contributed by atoms with Crippen LogP contribution in [0.5, 0.6) is 0 Å². The van der Waals surface area contributed by atoms with Gasteiger partial charge in [-0.15, -0.1) is 6.58 Å². The second kappa shape index (κ2) is 2.19. The van der Waals surface area contributed by atoms with Gasteiger partial charge < -0.3 is 0 Å². The van der Waals surface area contributed by atoms with Crippen molar-refractivity contribution < 1.29 is 10.0 Å². The van der Waals surface area contributed by atoms with Crippen molar-refractivity contribution in [1.29, 1.82) is 0 Å². The Balaban J connectivity index is 2.61. The van der Waals surface area contributed by atoms with Crippen LogP contribution in [0.3, 0.4) is 0 Å². The van der Waals surface area contributed by atoms with E-state index in [1.807, 2.05) is 0 Å². The van der Waals surface area contributed by atoms with Crippen molar-refractivity contribution in [3.63, 3.8) is 0 Å². The van der Waals surface area contributed by atoms with Gasteiger partial charge in [0, 0.05) is 6.54 Å². The van der Waals surface area contributed by atoms with E-state index in [0.29, 0.717) is 13.0 Å². The number of amides is 1. The van der Waals surface area contributed by atoms with Crippen LogP contribution < -0.4 is 0 Å². The maximum atomic E-state index is 10.7. The normalized spacial score (nSPS) is 27.0. The Morgan fingerprint density at radius 1 is 1.89 bits per heavy atom. The Morgan fingerprint density at radius 3 is 2.78 bits per heavy atom. The van der Waals surface area contributed by atoms with E-state index < -0.39 is 0 Å². The highest BCUT2D eigenvalue weighted by molar-refractivity contribution is 5.81. The number of carbonyl (C=O) groups excluding carboxylic acids is 1. The quantitative estimate of drug-likeness (QED) is 0.409. The number of rotatable bonds is 1. The summed E-state index contributed by atoms with van der Waals surface area (Å²) >= 11 is 0. The summed E-state index contributed by atoms with van der Waals surface area (Å²) in [5.41, 5.74) is 0. The van der Waals surface area contributed by atoms with E-state index in [4.69, 9.17) is 5.21 Å². The van der Waals surface area contributed by atoms with Crippen LogP contribution in [0.15, 0.2) is 12.7 Å². The average molecular weight is 127 g/mol. The molecule has 1 aliphatic heterocycles. The van der Waals surface area contributed by atoms with E-state index in [1.54, 1.807) is 6.08 Å². The lowest BCUT2D eigenvalue weighted by Gasteiger charge is -2.03. The maximum absolute atomic E-state index is 10.7. The lowest BCUT2D eigenvalue weighted by Crippen LogP contribution is -2.22. The average Bonchev–Trinajstić information content (AvgIpc) is 2.15. The van der Waals surface area contributed by atoms with E-state index in [9.17, 15) is 4.79 Å². The number of hydrogen-bond donors (Lipinski definition) is 1. The van der Waals surface area contributed by atoms with Crippen molar-refractivity contribution in [2.75, 3.05) is 6.54 Å². The van der Waals surface area contributed by atoms with Crippen molar-refractivity contribution in [3.05, 3.63) is 12.7 Å². The molecule has 0 aromatic carbocycles. The summed E-state index contributed by atoms with van der Waals surface area (Å²) in [5, 5.41) is 9.48. The third-order valence-electron chi connectivity index (χ3n) is 1.51. The molecule has 1 atom stereocenters. The Hall–Kier alpha value is -0.830. The minimum atomic E-state index is -0.231. The van der Waals surface area contributed by atoms with E-state index >= 15 is 0 Å². The fourth-order valence-electron chi connectivity index (χ4n) is 0.905. The first kappa shape index (κ1) is 6.29. The highest BCUT2D eigenvalue weighted by atomic mass is 16.5. The molecule has 0 aromatic heterocycles. The smallest absolute Gasteiger partial charge is 0.252 e. The molecule has 9 heavy (non-hydrogen) atoms. The minimum absolute atomic E-state index is 0.157. The number of carbonyl (C=O) groups is 1. The zero-order valence-corrected chi connectivity index (χ0v) is 5.08. The molecule has 0 radical (unpaired) electrons. The Kier molecular flexibility index (Phi) is 1.53. The molecular formula is C6H9NO2. The first-order valence-corrected chi connectivity index (χ1v) is 2.88. The highest BCUT2D eigenvalue weighted by Gasteiger charge is 2.27. The zero-order chi connectivity index (χ0) is 6.85. The predicted molar refractivity (Wildman–Crippen MR) is 31.8 cm³/mol. The summed E-state index contributed by atoms with van der Waals surface area (Å²) in [6.45, 7) is 3.91. The molecule has 1 amide bonds. The molecule has 50 valence electrons. The van der Waals surface area contributed by atoms with Crippen LogP contribution >= 0.6 is 0 Å². The molecule has 1 saturated heterocycles. The summed E-state index contributed by atoms with van der Waals surface area (Å²) in [5.74, 6) is -0.389. The highest BCUT2D eigenvalue weighted by Crippen LogP contribution is 2.15. The third-order valence-corrected chi connectivity index (χ3v) is 1.51. The summed E-state index contributed by atoms with van der Waals surface area (Å²) in [7, 11) is 0. The largest absolute Gasteiger partial charge is 0.286 e. The van der Waals surface area contributed by atoms with E-state index in [0.717, 1.165) is 5.06 Å². The van der Waals surface area contributed by atoms with Gasteiger partial charge in [-0.25, -0.2) is 5.06 Å². The monoisotopic (exact) mass is 127 g/mol. The molecule has 0 spiro atoms. The lowest BCUT2D eigenvalue weighted by molar-refractivity contribution is -0.158. The first-order chi connectivity index (χ1) is 4.25. The fourth-order valence-corrected chi connectivity index (χ4v) is 0.905. The molecule has 1 fully saturated rings. The number of hydroxylamine groups is 2. The molecule has 3 nitrogen and oxygen atoms in total. The molecule has 1 rings (SSSR count). The van der Waals surface area contributed by atoms with Gasteiger partial charge in [0.15, 0.2) is 0 Å². The first-order valence-electron chi connectivity index (χ1n) is 2.88. The third kappa shape index (κ3) is 0.954. The lowest BCUT2D eigenvalue weighted by atomic mass is 10.1. The Labute approximate surface area is 53.5 Å². The zero-order valence-electron chi connectivity index (χ0n) is 5.08.